The monoisotopic (exact) mass is 313 g/mol. The molecule has 0 radical (unpaired) electrons. The number of hydrogen-bond donors (Lipinski definition) is 2. The van der Waals surface area contributed by atoms with Crippen LogP contribution in [0.25, 0.3) is 0 Å². The fourth-order valence-electron chi connectivity index (χ4n) is 2.58. The highest BCUT2D eigenvalue weighted by Gasteiger charge is 2.29. The highest BCUT2D eigenvalue weighted by Crippen LogP contribution is 2.24. The van der Waals surface area contributed by atoms with Crippen LogP contribution in [-0.4, -0.2) is 32.5 Å². The second-order valence-corrected chi connectivity index (χ2v) is 6.90. The summed E-state index contributed by atoms with van der Waals surface area (Å²) < 4.78 is 27.3. The maximum Gasteiger partial charge on any atom is 0.289 e. The molecule has 8 heteroatoms. The lowest BCUT2D eigenvalue weighted by Gasteiger charge is -2.28. The topological polar surface area (TPSA) is 101 Å². The number of hydrogen-bond acceptors (Lipinski definition) is 5. The Labute approximate surface area is 123 Å². The van der Waals surface area contributed by atoms with E-state index < -0.39 is 20.6 Å². The summed E-state index contributed by atoms with van der Waals surface area (Å²) in [6.45, 7) is 3.53. The molecule has 2 rings (SSSR count). The molecule has 1 aromatic carbocycles. The summed E-state index contributed by atoms with van der Waals surface area (Å²) >= 11 is 0. The molecule has 1 atom stereocenters. The summed E-state index contributed by atoms with van der Waals surface area (Å²) in [4.78, 5) is 10.0. The average Bonchev–Trinajstić information content (AvgIpc) is 2.47. The maximum absolute atomic E-state index is 12.4. The highest BCUT2D eigenvalue weighted by molar-refractivity contribution is 7.89. The number of nitrogens with zero attached hydrogens (tertiary/aromatic N) is 1. The predicted molar refractivity (Wildman–Crippen MR) is 78.5 cm³/mol. The van der Waals surface area contributed by atoms with E-state index in [0.29, 0.717) is 0 Å². The minimum absolute atomic E-state index is 0.240. The maximum atomic E-state index is 12.4. The summed E-state index contributed by atoms with van der Waals surface area (Å²) in [6, 6.07) is 5.14. The van der Waals surface area contributed by atoms with Crippen molar-refractivity contribution in [2.45, 2.75) is 30.7 Å². The molecule has 0 bridgehead atoms. The molecule has 0 aliphatic carbocycles. The lowest BCUT2D eigenvalue weighted by Crippen LogP contribution is -2.42. The lowest BCUT2D eigenvalue weighted by molar-refractivity contribution is -0.387. The van der Waals surface area contributed by atoms with E-state index in [-0.39, 0.29) is 16.9 Å². The fraction of sp³-hybridized carbons (Fsp3) is 0.538. The van der Waals surface area contributed by atoms with Crippen LogP contribution >= 0.6 is 0 Å². The first-order chi connectivity index (χ1) is 9.92. The zero-order valence-corrected chi connectivity index (χ0v) is 12.6. The Kier molecular flexibility index (Phi) is 4.92. The van der Waals surface area contributed by atoms with Gasteiger partial charge >= 0.3 is 0 Å². The van der Waals surface area contributed by atoms with Gasteiger partial charge in [-0.25, -0.2) is 13.1 Å². The van der Waals surface area contributed by atoms with E-state index in [4.69, 9.17) is 0 Å². The van der Waals surface area contributed by atoms with E-state index in [1.54, 1.807) is 0 Å². The van der Waals surface area contributed by atoms with Crippen molar-refractivity contribution in [1.29, 1.82) is 0 Å². The Hall–Kier alpha value is -1.51. The van der Waals surface area contributed by atoms with Gasteiger partial charge in [0.05, 0.1) is 4.92 Å². The summed E-state index contributed by atoms with van der Waals surface area (Å²) in [6.07, 6.45) is 1.78. The molecule has 21 heavy (non-hydrogen) atoms. The number of nitro benzene ring substituents is 1. The summed E-state index contributed by atoms with van der Waals surface area (Å²) in [7, 11) is -3.90. The molecule has 0 saturated carbocycles. The van der Waals surface area contributed by atoms with Crippen molar-refractivity contribution in [2.24, 2.45) is 5.92 Å². The molecular weight excluding hydrogens is 294 g/mol. The number of rotatable bonds is 5. The molecule has 1 heterocycles. The number of para-hydroxylation sites is 1. The second-order valence-electron chi connectivity index (χ2n) is 5.22. The minimum atomic E-state index is -3.90. The summed E-state index contributed by atoms with van der Waals surface area (Å²) in [5, 5.41) is 14.2. The van der Waals surface area contributed by atoms with Gasteiger partial charge in [0.2, 0.25) is 10.0 Å². The van der Waals surface area contributed by atoms with Crippen molar-refractivity contribution in [1.82, 2.24) is 10.0 Å². The number of piperidine rings is 1. The van der Waals surface area contributed by atoms with E-state index >= 15 is 0 Å². The first-order valence-corrected chi connectivity index (χ1v) is 8.36. The van der Waals surface area contributed by atoms with Gasteiger partial charge in [0.25, 0.3) is 5.69 Å². The smallest absolute Gasteiger partial charge is 0.289 e. The molecule has 2 N–H and O–H groups in total. The van der Waals surface area contributed by atoms with Crippen molar-refractivity contribution in [2.75, 3.05) is 13.1 Å². The first kappa shape index (κ1) is 15.9. The van der Waals surface area contributed by atoms with Gasteiger partial charge in [-0.15, -0.1) is 0 Å². The van der Waals surface area contributed by atoms with E-state index in [1.807, 2.05) is 6.92 Å². The Morgan fingerprint density at radius 3 is 2.57 bits per heavy atom. The molecule has 0 aromatic heterocycles. The molecule has 0 unspecified atom stereocenters. The predicted octanol–water partition coefficient (Wildman–Crippen LogP) is 1.26. The SMILES string of the molecule is C[C@@H](NS(=O)(=O)c1ccccc1[N+](=O)[O-])C1CCNCC1. The largest absolute Gasteiger partial charge is 0.317 e. The molecule has 7 nitrogen and oxygen atoms in total. The molecule has 0 amide bonds. The minimum Gasteiger partial charge on any atom is -0.317 e. The molecule has 1 aromatic rings. The second kappa shape index (κ2) is 6.50. The standard InChI is InChI=1S/C13H19N3O4S/c1-10(11-6-8-14-9-7-11)15-21(19,20)13-5-3-2-4-12(13)16(17)18/h2-5,10-11,14-15H,6-9H2,1H3/t10-/m1/s1. The third-order valence-corrected chi connectivity index (χ3v) is 5.39. The Morgan fingerprint density at radius 1 is 1.33 bits per heavy atom. The number of nitro groups is 1. The van der Waals surface area contributed by atoms with Gasteiger partial charge in [-0.05, 0) is 44.8 Å². The van der Waals surface area contributed by atoms with Crippen LogP contribution in [0.4, 0.5) is 5.69 Å². The zero-order chi connectivity index (χ0) is 15.5. The van der Waals surface area contributed by atoms with Crippen molar-refractivity contribution >= 4 is 15.7 Å². The normalized spacial score (nSPS) is 18.3. The Morgan fingerprint density at radius 2 is 1.95 bits per heavy atom. The summed E-state index contributed by atoms with van der Waals surface area (Å²) in [5.74, 6) is 0.240. The number of nitrogens with one attached hydrogen (secondary N) is 2. The van der Waals surface area contributed by atoms with Crippen LogP contribution in [0, 0.1) is 16.0 Å². The van der Waals surface area contributed by atoms with Gasteiger partial charge in [-0.3, -0.25) is 10.1 Å². The Balaban J connectivity index is 2.20. The van der Waals surface area contributed by atoms with E-state index in [2.05, 4.69) is 10.0 Å². The summed E-state index contributed by atoms with van der Waals surface area (Å²) in [5.41, 5.74) is -0.400. The van der Waals surface area contributed by atoms with Gasteiger partial charge in [-0.2, -0.15) is 0 Å². The van der Waals surface area contributed by atoms with E-state index in [0.717, 1.165) is 25.9 Å². The van der Waals surface area contributed by atoms with Crippen molar-refractivity contribution in [3.8, 4) is 0 Å². The van der Waals surface area contributed by atoms with Crippen LogP contribution in [0.5, 0.6) is 0 Å². The van der Waals surface area contributed by atoms with Crippen molar-refractivity contribution in [3.05, 3.63) is 34.4 Å². The van der Waals surface area contributed by atoms with Crippen LogP contribution in [0.2, 0.25) is 0 Å². The van der Waals surface area contributed by atoms with Crippen LogP contribution in [0.3, 0.4) is 0 Å². The number of benzene rings is 1. The van der Waals surface area contributed by atoms with E-state index in [9.17, 15) is 18.5 Å². The molecule has 0 spiro atoms. The van der Waals surface area contributed by atoms with Crippen LogP contribution in [0.15, 0.2) is 29.2 Å². The molecule has 1 aliphatic heterocycles. The van der Waals surface area contributed by atoms with Crippen molar-refractivity contribution in [3.63, 3.8) is 0 Å². The number of sulfonamides is 1. The Bertz CT molecular complexity index is 612. The molecule has 116 valence electrons. The first-order valence-electron chi connectivity index (χ1n) is 6.88. The van der Waals surface area contributed by atoms with Gasteiger partial charge in [0.1, 0.15) is 0 Å². The van der Waals surface area contributed by atoms with Crippen LogP contribution in [0.1, 0.15) is 19.8 Å². The van der Waals surface area contributed by atoms with Crippen molar-refractivity contribution < 1.29 is 13.3 Å². The third kappa shape index (κ3) is 3.78. The van der Waals surface area contributed by atoms with Crippen LogP contribution in [-0.2, 0) is 10.0 Å². The highest BCUT2D eigenvalue weighted by atomic mass is 32.2. The molecule has 1 fully saturated rings. The quantitative estimate of drug-likeness (QED) is 0.629. The van der Waals surface area contributed by atoms with Gasteiger partial charge in [-0.1, -0.05) is 12.1 Å². The van der Waals surface area contributed by atoms with Gasteiger partial charge < -0.3 is 5.32 Å². The molecule has 1 aliphatic rings. The fourth-order valence-corrected chi connectivity index (χ4v) is 4.07. The van der Waals surface area contributed by atoms with Crippen LogP contribution < -0.4 is 10.0 Å². The van der Waals surface area contributed by atoms with E-state index in [1.165, 1.54) is 24.3 Å². The zero-order valence-electron chi connectivity index (χ0n) is 11.8. The average molecular weight is 313 g/mol. The van der Waals surface area contributed by atoms with Gasteiger partial charge in [0, 0.05) is 12.1 Å². The third-order valence-electron chi connectivity index (χ3n) is 3.78. The van der Waals surface area contributed by atoms with Gasteiger partial charge in [0.15, 0.2) is 4.90 Å². The molecule has 1 saturated heterocycles. The molecular formula is C13H19N3O4S. The lowest BCUT2D eigenvalue weighted by atomic mass is 9.92.